The molecule has 0 unspecified atom stereocenters. The minimum absolute atomic E-state index is 0. The second-order valence-electron chi connectivity index (χ2n) is 1.71. The van der Waals surface area contributed by atoms with Crippen LogP contribution in [-0.2, 0) is 19.5 Å². The first-order valence-electron chi connectivity index (χ1n) is 3.62. The van der Waals surface area contributed by atoms with Crippen molar-refractivity contribution in [2.45, 2.75) is 46.5 Å². The Bertz CT molecular complexity index is 16.5. The maximum atomic E-state index is 3.25. The first-order chi connectivity index (χ1) is 3.91. The topological polar surface area (TPSA) is 0 Å². The summed E-state index contributed by atoms with van der Waals surface area (Å²) in [5.74, 6) is 0. The van der Waals surface area contributed by atoms with Gasteiger partial charge in [0.2, 0.25) is 0 Å². The van der Waals surface area contributed by atoms with Crippen LogP contribution in [0.3, 0.4) is 0 Å². The fraction of sp³-hybridized carbons (Fsp3) is 0.875. The molecular formula is C8H19Zn-. The molecular weight excluding hydrogens is 161 g/mol. The minimum atomic E-state index is 0. The van der Waals surface area contributed by atoms with Crippen molar-refractivity contribution in [3.05, 3.63) is 6.92 Å². The van der Waals surface area contributed by atoms with Gasteiger partial charge in [0.05, 0.1) is 0 Å². The molecule has 54 valence electrons. The molecule has 0 aliphatic rings. The van der Waals surface area contributed by atoms with E-state index in [1.54, 1.807) is 6.92 Å². The van der Waals surface area contributed by atoms with Gasteiger partial charge in [-0.2, -0.15) is 6.92 Å². The average molecular weight is 181 g/mol. The maximum Gasteiger partial charge on any atom is 0 e. The van der Waals surface area contributed by atoms with Gasteiger partial charge in [0.1, 0.15) is 0 Å². The standard InChI is InChI=1S/C6H14.C2H5.Zn/c1-3-5-6-4-2;1-2;/h3-6H2,1-2H3;1H2,2H3;/q;-1;. The van der Waals surface area contributed by atoms with Gasteiger partial charge < -0.3 is 6.92 Å². The predicted octanol–water partition coefficient (Wildman–Crippen LogP) is 3.42. The summed E-state index contributed by atoms with van der Waals surface area (Å²) in [5, 5.41) is 0. The molecule has 0 amide bonds. The second-order valence-corrected chi connectivity index (χ2v) is 1.71. The van der Waals surface area contributed by atoms with Gasteiger partial charge in [0.15, 0.2) is 0 Å². The molecule has 0 nitrogen and oxygen atoms in total. The Morgan fingerprint density at radius 1 is 0.889 bits per heavy atom. The summed E-state index contributed by atoms with van der Waals surface area (Å²) in [6, 6.07) is 0. The Morgan fingerprint density at radius 2 is 1.11 bits per heavy atom. The molecule has 0 aliphatic heterocycles. The average Bonchev–Trinajstić information content (AvgIpc) is 1.88. The van der Waals surface area contributed by atoms with Crippen LogP contribution in [-0.4, -0.2) is 0 Å². The van der Waals surface area contributed by atoms with E-state index in [9.17, 15) is 0 Å². The van der Waals surface area contributed by atoms with Crippen molar-refractivity contribution < 1.29 is 19.5 Å². The van der Waals surface area contributed by atoms with Crippen molar-refractivity contribution in [2.24, 2.45) is 0 Å². The Labute approximate surface area is 73.2 Å². The second kappa shape index (κ2) is 23.4. The first-order valence-corrected chi connectivity index (χ1v) is 3.62. The van der Waals surface area contributed by atoms with Crippen molar-refractivity contribution in [1.29, 1.82) is 0 Å². The van der Waals surface area contributed by atoms with E-state index >= 15 is 0 Å². The molecule has 0 fully saturated rings. The Morgan fingerprint density at radius 3 is 1.22 bits per heavy atom. The van der Waals surface area contributed by atoms with Gasteiger partial charge >= 0.3 is 0 Å². The van der Waals surface area contributed by atoms with Gasteiger partial charge in [-0.15, -0.1) is 0 Å². The van der Waals surface area contributed by atoms with E-state index in [0.29, 0.717) is 0 Å². The number of hydrogen-bond acceptors (Lipinski definition) is 0. The normalized spacial score (nSPS) is 6.67. The summed E-state index contributed by atoms with van der Waals surface area (Å²) >= 11 is 0. The van der Waals surface area contributed by atoms with Crippen LogP contribution >= 0.6 is 0 Å². The van der Waals surface area contributed by atoms with Crippen LogP contribution in [0.5, 0.6) is 0 Å². The van der Waals surface area contributed by atoms with Crippen molar-refractivity contribution >= 4 is 0 Å². The monoisotopic (exact) mass is 179 g/mol. The largest absolute Gasteiger partial charge is 0.346 e. The number of rotatable bonds is 3. The zero-order chi connectivity index (χ0) is 6.83. The molecule has 0 N–H and O–H groups in total. The van der Waals surface area contributed by atoms with Gasteiger partial charge in [0, 0.05) is 19.5 Å². The minimum Gasteiger partial charge on any atom is -0.346 e. The van der Waals surface area contributed by atoms with Gasteiger partial charge in [0.25, 0.3) is 0 Å². The van der Waals surface area contributed by atoms with Crippen LogP contribution < -0.4 is 0 Å². The molecule has 0 radical (unpaired) electrons. The molecule has 0 atom stereocenters. The Hall–Kier alpha value is 0.623. The van der Waals surface area contributed by atoms with E-state index < -0.39 is 0 Å². The fourth-order valence-corrected chi connectivity index (χ4v) is 0.500. The molecule has 0 rings (SSSR count). The summed E-state index contributed by atoms with van der Waals surface area (Å²) in [4.78, 5) is 0. The summed E-state index contributed by atoms with van der Waals surface area (Å²) in [5.41, 5.74) is 0. The quantitative estimate of drug-likeness (QED) is 0.355. The van der Waals surface area contributed by atoms with Crippen LogP contribution in [0.2, 0.25) is 0 Å². The molecule has 9 heavy (non-hydrogen) atoms. The summed E-state index contributed by atoms with van der Waals surface area (Å²) in [7, 11) is 0. The van der Waals surface area contributed by atoms with E-state index in [1.165, 1.54) is 25.7 Å². The Balaban J connectivity index is -0.000000109. The van der Waals surface area contributed by atoms with E-state index in [2.05, 4.69) is 20.8 Å². The number of hydrogen-bond donors (Lipinski definition) is 0. The van der Waals surface area contributed by atoms with E-state index in [0.717, 1.165) is 0 Å². The third-order valence-corrected chi connectivity index (χ3v) is 0.957. The molecule has 0 saturated carbocycles. The van der Waals surface area contributed by atoms with Crippen molar-refractivity contribution in [2.75, 3.05) is 0 Å². The predicted molar refractivity (Wildman–Crippen MR) is 40.8 cm³/mol. The summed E-state index contributed by atoms with van der Waals surface area (Å²) in [6.07, 6.45) is 5.54. The van der Waals surface area contributed by atoms with E-state index in [4.69, 9.17) is 0 Å². The fourth-order valence-electron chi connectivity index (χ4n) is 0.500. The smallest absolute Gasteiger partial charge is 0 e. The van der Waals surface area contributed by atoms with Crippen molar-refractivity contribution in [1.82, 2.24) is 0 Å². The van der Waals surface area contributed by atoms with Crippen molar-refractivity contribution in [3.63, 3.8) is 0 Å². The SMILES string of the molecule is CCCCCC.[CH2-]C.[Zn]. The van der Waals surface area contributed by atoms with Gasteiger partial charge in [-0.3, -0.25) is 0 Å². The van der Waals surface area contributed by atoms with Crippen LogP contribution in [0.4, 0.5) is 0 Å². The summed E-state index contributed by atoms with van der Waals surface area (Å²) < 4.78 is 0. The first kappa shape index (κ1) is 16.3. The molecule has 0 aliphatic carbocycles. The molecule has 0 saturated heterocycles. The van der Waals surface area contributed by atoms with E-state index in [1.807, 2.05) is 0 Å². The molecule has 0 aromatic heterocycles. The van der Waals surface area contributed by atoms with Crippen LogP contribution in [0, 0.1) is 6.92 Å². The van der Waals surface area contributed by atoms with Gasteiger partial charge in [-0.05, 0) is 0 Å². The third-order valence-electron chi connectivity index (χ3n) is 0.957. The summed E-state index contributed by atoms with van der Waals surface area (Å²) in [6.45, 7) is 9.46. The molecule has 1 heteroatoms. The van der Waals surface area contributed by atoms with Crippen LogP contribution in [0.25, 0.3) is 0 Å². The van der Waals surface area contributed by atoms with Crippen LogP contribution in [0.15, 0.2) is 0 Å². The van der Waals surface area contributed by atoms with E-state index in [-0.39, 0.29) is 19.5 Å². The maximum absolute atomic E-state index is 3.25. The zero-order valence-corrected chi connectivity index (χ0v) is 10.2. The molecule has 0 spiro atoms. The zero-order valence-electron chi connectivity index (χ0n) is 7.24. The van der Waals surface area contributed by atoms with Gasteiger partial charge in [-0.1, -0.05) is 39.5 Å². The third kappa shape index (κ3) is 28.8. The van der Waals surface area contributed by atoms with Crippen LogP contribution in [0.1, 0.15) is 46.5 Å². The Kier molecular flexibility index (Phi) is 42.5. The molecule has 0 aromatic carbocycles. The molecule has 0 aromatic rings. The van der Waals surface area contributed by atoms with Gasteiger partial charge in [-0.25, -0.2) is 0 Å². The molecule has 0 heterocycles. The number of unbranched alkanes of at least 4 members (excludes halogenated alkanes) is 3. The van der Waals surface area contributed by atoms with Crippen molar-refractivity contribution in [3.8, 4) is 0 Å². The molecule has 0 bridgehead atoms.